The number of aliphatic hydroxyl groups excluding tert-OH is 1. The summed E-state index contributed by atoms with van der Waals surface area (Å²) in [6.45, 7) is 5.35. The van der Waals surface area contributed by atoms with Gasteiger partial charge in [-0.2, -0.15) is 0 Å². The molecular formula is C27H31ClN2O4. The lowest BCUT2D eigenvalue weighted by Crippen LogP contribution is -2.13. The van der Waals surface area contributed by atoms with Crippen LogP contribution < -0.4 is 4.74 Å². The molecule has 3 aromatic rings. The van der Waals surface area contributed by atoms with E-state index in [0.29, 0.717) is 41.4 Å². The number of ether oxygens (including phenoxy) is 1. The molecule has 34 heavy (non-hydrogen) atoms. The summed E-state index contributed by atoms with van der Waals surface area (Å²) in [7, 11) is 1.80. The van der Waals surface area contributed by atoms with E-state index in [9.17, 15) is 14.7 Å². The Labute approximate surface area is 205 Å². The molecule has 0 spiro atoms. The summed E-state index contributed by atoms with van der Waals surface area (Å²) >= 11 is 6.30. The molecule has 1 N–H and O–H groups in total. The standard InChI is InChI=1S/C27H31ClN2O4/c1-17(2)34-26-10-9-22(15-23(26)28)25(33)14-20(11-12-31)13-19-5-7-21(8-6-19)24-16-30(4)27(29-24)18(3)32/h5-10,15-17,20,31H,11-14H2,1-4H3. The molecule has 0 amide bonds. The molecule has 0 bridgehead atoms. The van der Waals surface area contributed by atoms with Gasteiger partial charge in [0.05, 0.1) is 16.8 Å². The third-order valence-corrected chi connectivity index (χ3v) is 5.89. The van der Waals surface area contributed by atoms with Crippen molar-refractivity contribution < 1.29 is 19.4 Å². The average Bonchev–Trinajstić information content (AvgIpc) is 3.17. The van der Waals surface area contributed by atoms with Crippen LogP contribution in [0.25, 0.3) is 11.3 Å². The summed E-state index contributed by atoms with van der Waals surface area (Å²) in [6.07, 6.45) is 3.33. The van der Waals surface area contributed by atoms with E-state index in [1.807, 2.05) is 44.3 Å². The summed E-state index contributed by atoms with van der Waals surface area (Å²) < 4.78 is 7.37. The molecule has 0 saturated heterocycles. The number of hydrogen-bond donors (Lipinski definition) is 1. The van der Waals surface area contributed by atoms with Gasteiger partial charge in [0.25, 0.3) is 0 Å². The minimum Gasteiger partial charge on any atom is -0.489 e. The monoisotopic (exact) mass is 482 g/mol. The van der Waals surface area contributed by atoms with Gasteiger partial charge in [-0.15, -0.1) is 0 Å². The van der Waals surface area contributed by atoms with Crippen LogP contribution in [-0.4, -0.2) is 38.9 Å². The summed E-state index contributed by atoms with van der Waals surface area (Å²) in [5.41, 5.74) is 3.26. The highest BCUT2D eigenvalue weighted by Gasteiger charge is 2.18. The van der Waals surface area contributed by atoms with Crippen molar-refractivity contribution in [2.45, 2.75) is 46.1 Å². The Kier molecular flexibility index (Phi) is 8.64. The fraction of sp³-hybridized carbons (Fsp3) is 0.370. The first-order valence-corrected chi connectivity index (χ1v) is 11.8. The molecule has 1 aromatic heterocycles. The van der Waals surface area contributed by atoms with Gasteiger partial charge in [-0.3, -0.25) is 9.59 Å². The largest absolute Gasteiger partial charge is 0.489 e. The molecule has 0 fully saturated rings. The van der Waals surface area contributed by atoms with Crippen molar-refractivity contribution in [2.24, 2.45) is 13.0 Å². The van der Waals surface area contributed by atoms with Crippen molar-refractivity contribution >= 4 is 23.2 Å². The molecule has 7 heteroatoms. The number of hydrogen-bond acceptors (Lipinski definition) is 5. The Bertz CT molecular complexity index is 1150. The van der Waals surface area contributed by atoms with Crippen LogP contribution >= 0.6 is 11.6 Å². The first-order chi connectivity index (χ1) is 16.2. The van der Waals surface area contributed by atoms with E-state index in [1.54, 1.807) is 29.8 Å². The lowest BCUT2D eigenvalue weighted by atomic mass is 9.89. The van der Waals surface area contributed by atoms with E-state index in [4.69, 9.17) is 16.3 Å². The van der Waals surface area contributed by atoms with Crippen LogP contribution in [0.5, 0.6) is 5.75 Å². The lowest BCUT2D eigenvalue weighted by Gasteiger charge is -2.16. The molecule has 1 atom stereocenters. The maximum absolute atomic E-state index is 12.9. The summed E-state index contributed by atoms with van der Waals surface area (Å²) in [5, 5.41) is 9.95. The van der Waals surface area contributed by atoms with Crippen LogP contribution in [0.1, 0.15) is 60.2 Å². The summed E-state index contributed by atoms with van der Waals surface area (Å²) in [5.74, 6) is 0.879. The smallest absolute Gasteiger partial charge is 0.195 e. The number of Topliss-reactive ketones (excluding diaryl/α,β-unsaturated/α-hetero) is 2. The van der Waals surface area contributed by atoms with Crippen molar-refractivity contribution in [3.63, 3.8) is 0 Å². The van der Waals surface area contributed by atoms with E-state index in [1.165, 1.54) is 6.92 Å². The highest BCUT2D eigenvalue weighted by atomic mass is 35.5. The molecule has 0 radical (unpaired) electrons. The minimum absolute atomic E-state index is 0.00626. The van der Waals surface area contributed by atoms with Crippen molar-refractivity contribution in [1.82, 2.24) is 9.55 Å². The molecule has 1 heterocycles. The average molecular weight is 483 g/mol. The second-order valence-electron chi connectivity index (χ2n) is 8.84. The second-order valence-corrected chi connectivity index (χ2v) is 9.24. The third-order valence-electron chi connectivity index (χ3n) is 5.59. The number of aliphatic hydroxyl groups is 1. The quantitative estimate of drug-likeness (QED) is 0.362. The topological polar surface area (TPSA) is 81.4 Å². The van der Waals surface area contributed by atoms with E-state index in [2.05, 4.69) is 4.98 Å². The Balaban J connectivity index is 1.69. The number of aryl methyl sites for hydroxylation is 1. The van der Waals surface area contributed by atoms with Gasteiger partial charge in [0.15, 0.2) is 17.4 Å². The predicted octanol–water partition coefficient (Wildman–Crippen LogP) is 5.54. The van der Waals surface area contributed by atoms with E-state index < -0.39 is 0 Å². The molecule has 2 aromatic carbocycles. The van der Waals surface area contributed by atoms with Gasteiger partial charge < -0.3 is 14.4 Å². The van der Waals surface area contributed by atoms with Crippen molar-refractivity contribution in [3.8, 4) is 17.0 Å². The van der Waals surface area contributed by atoms with Crippen LogP contribution in [0.3, 0.4) is 0 Å². The van der Waals surface area contributed by atoms with Crippen LogP contribution in [0.15, 0.2) is 48.7 Å². The number of carbonyl (C=O) groups is 2. The van der Waals surface area contributed by atoms with Crippen molar-refractivity contribution in [1.29, 1.82) is 0 Å². The summed E-state index contributed by atoms with van der Waals surface area (Å²) in [4.78, 5) is 29.0. The summed E-state index contributed by atoms with van der Waals surface area (Å²) in [6, 6.07) is 13.0. The van der Waals surface area contributed by atoms with Crippen LogP contribution in [0.2, 0.25) is 5.02 Å². The number of benzene rings is 2. The number of nitrogens with zero attached hydrogens (tertiary/aromatic N) is 2. The van der Waals surface area contributed by atoms with E-state index in [0.717, 1.165) is 16.8 Å². The molecule has 0 aliphatic rings. The maximum atomic E-state index is 12.9. The van der Waals surface area contributed by atoms with Gasteiger partial charge in [-0.05, 0) is 56.4 Å². The number of imidazole rings is 1. The highest BCUT2D eigenvalue weighted by molar-refractivity contribution is 6.32. The zero-order chi connectivity index (χ0) is 24.8. The maximum Gasteiger partial charge on any atom is 0.195 e. The second kappa shape index (κ2) is 11.4. The van der Waals surface area contributed by atoms with Gasteiger partial charge >= 0.3 is 0 Å². The zero-order valence-corrected chi connectivity index (χ0v) is 20.8. The van der Waals surface area contributed by atoms with Crippen LogP contribution in [-0.2, 0) is 13.5 Å². The fourth-order valence-electron chi connectivity index (χ4n) is 3.94. The molecule has 0 aliphatic carbocycles. The van der Waals surface area contributed by atoms with Gasteiger partial charge in [0.1, 0.15) is 5.75 Å². The van der Waals surface area contributed by atoms with Crippen LogP contribution in [0.4, 0.5) is 0 Å². The highest BCUT2D eigenvalue weighted by Crippen LogP contribution is 2.28. The number of halogens is 1. The van der Waals surface area contributed by atoms with Gasteiger partial charge in [-0.1, -0.05) is 35.9 Å². The molecule has 3 rings (SSSR count). The number of rotatable bonds is 11. The van der Waals surface area contributed by atoms with Gasteiger partial charge in [0, 0.05) is 44.3 Å². The Morgan fingerprint density at radius 1 is 1.15 bits per heavy atom. The molecule has 6 nitrogen and oxygen atoms in total. The van der Waals surface area contributed by atoms with Crippen molar-refractivity contribution in [3.05, 3.63) is 70.6 Å². The number of carbonyl (C=O) groups excluding carboxylic acids is 2. The van der Waals surface area contributed by atoms with Crippen LogP contribution in [0, 0.1) is 5.92 Å². The van der Waals surface area contributed by atoms with Gasteiger partial charge in [-0.25, -0.2) is 4.98 Å². The first-order valence-electron chi connectivity index (χ1n) is 11.4. The zero-order valence-electron chi connectivity index (χ0n) is 20.0. The SMILES string of the molecule is CC(=O)c1nc(-c2ccc(CC(CCO)CC(=O)c3ccc(OC(C)C)c(Cl)c3)cc2)cn1C. The molecule has 1 unspecified atom stereocenters. The fourth-order valence-corrected chi connectivity index (χ4v) is 4.17. The Hall–Kier alpha value is -2.96. The molecule has 0 aliphatic heterocycles. The lowest BCUT2D eigenvalue weighted by molar-refractivity contribution is 0.0951. The molecule has 180 valence electrons. The number of aromatic nitrogens is 2. The number of ketones is 2. The molecular weight excluding hydrogens is 452 g/mol. The minimum atomic E-state index is -0.0785. The Morgan fingerprint density at radius 2 is 1.85 bits per heavy atom. The van der Waals surface area contributed by atoms with E-state index in [-0.39, 0.29) is 30.2 Å². The van der Waals surface area contributed by atoms with Crippen molar-refractivity contribution in [2.75, 3.05) is 6.61 Å². The third kappa shape index (κ3) is 6.55. The Morgan fingerprint density at radius 3 is 2.41 bits per heavy atom. The predicted molar refractivity (Wildman–Crippen MR) is 134 cm³/mol. The first kappa shape index (κ1) is 25.7. The van der Waals surface area contributed by atoms with Gasteiger partial charge in [0.2, 0.25) is 0 Å². The molecule has 0 saturated carbocycles. The van der Waals surface area contributed by atoms with E-state index >= 15 is 0 Å². The normalized spacial score (nSPS) is 12.1.